The number of halogens is 1. The highest BCUT2D eigenvalue weighted by atomic mass is 35.5. The van der Waals surface area contributed by atoms with Crippen LogP contribution in [0.15, 0.2) is 59.4 Å². The molecule has 0 saturated heterocycles. The molecule has 2 aromatic carbocycles. The lowest BCUT2D eigenvalue weighted by Gasteiger charge is -2.11. The molecular formula is C19H16ClN3O3. The minimum absolute atomic E-state index is 0.189. The van der Waals surface area contributed by atoms with Crippen molar-refractivity contribution in [2.75, 3.05) is 12.4 Å². The van der Waals surface area contributed by atoms with Crippen LogP contribution in [0, 0.1) is 0 Å². The van der Waals surface area contributed by atoms with Gasteiger partial charge in [0.15, 0.2) is 0 Å². The lowest BCUT2D eigenvalue weighted by Crippen LogP contribution is -2.18. The third kappa shape index (κ3) is 3.75. The number of nitrogens with one attached hydrogen (secondary N) is 1. The number of aryl methyl sites for hydroxylation is 1. The predicted octanol–water partition coefficient (Wildman–Crippen LogP) is 3.36. The van der Waals surface area contributed by atoms with Crippen LogP contribution < -0.4 is 15.6 Å². The summed E-state index contributed by atoms with van der Waals surface area (Å²) in [6, 6.07) is 15.1. The molecule has 0 radical (unpaired) electrons. The maximum atomic E-state index is 12.6. The van der Waals surface area contributed by atoms with Gasteiger partial charge in [0.2, 0.25) is 0 Å². The summed E-state index contributed by atoms with van der Waals surface area (Å²) in [6.45, 7) is 0. The van der Waals surface area contributed by atoms with Crippen LogP contribution in [0.4, 0.5) is 5.69 Å². The molecule has 0 aliphatic rings. The Morgan fingerprint density at radius 2 is 1.96 bits per heavy atom. The topological polar surface area (TPSA) is 73.2 Å². The Morgan fingerprint density at radius 1 is 1.15 bits per heavy atom. The monoisotopic (exact) mass is 369 g/mol. The average molecular weight is 370 g/mol. The fraction of sp³-hybridized carbons (Fsp3) is 0.105. The van der Waals surface area contributed by atoms with Gasteiger partial charge >= 0.3 is 0 Å². The van der Waals surface area contributed by atoms with Crippen molar-refractivity contribution in [3.8, 4) is 17.0 Å². The standard InChI is InChI=1S/C19H16ClN3O3/c1-23-18(24)9-7-16(22-23)12-4-3-5-14(10-12)21-19(25)15-11-13(20)6-8-17(15)26-2/h3-11H,1-2H3,(H,21,25). The zero-order valence-corrected chi connectivity index (χ0v) is 14.9. The van der Waals surface area contributed by atoms with Gasteiger partial charge in [-0.2, -0.15) is 5.10 Å². The van der Waals surface area contributed by atoms with Crippen molar-refractivity contribution < 1.29 is 9.53 Å². The van der Waals surface area contributed by atoms with E-state index in [0.717, 1.165) is 5.56 Å². The molecule has 132 valence electrons. The van der Waals surface area contributed by atoms with Crippen LogP contribution in [0.25, 0.3) is 11.3 Å². The average Bonchev–Trinajstić information content (AvgIpc) is 2.64. The number of ether oxygens (including phenoxy) is 1. The number of amides is 1. The summed E-state index contributed by atoms with van der Waals surface area (Å²) in [4.78, 5) is 24.1. The molecule has 0 spiro atoms. The summed E-state index contributed by atoms with van der Waals surface area (Å²) < 4.78 is 6.48. The second-order valence-electron chi connectivity index (χ2n) is 5.56. The summed E-state index contributed by atoms with van der Waals surface area (Å²) in [5.41, 5.74) is 2.14. The lowest BCUT2D eigenvalue weighted by atomic mass is 10.1. The van der Waals surface area contributed by atoms with E-state index in [-0.39, 0.29) is 11.5 Å². The zero-order chi connectivity index (χ0) is 18.7. The largest absolute Gasteiger partial charge is 0.496 e. The van der Waals surface area contributed by atoms with Crippen LogP contribution >= 0.6 is 11.6 Å². The van der Waals surface area contributed by atoms with E-state index in [4.69, 9.17) is 16.3 Å². The van der Waals surface area contributed by atoms with E-state index in [0.29, 0.717) is 27.7 Å². The third-order valence-corrected chi connectivity index (χ3v) is 4.02. The number of aromatic nitrogens is 2. The molecule has 3 aromatic rings. The van der Waals surface area contributed by atoms with E-state index >= 15 is 0 Å². The number of benzene rings is 2. The Bertz CT molecular complexity index is 1030. The van der Waals surface area contributed by atoms with Gasteiger partial charge in [-0.05, 0) is 36.4 Å². The van der Waals surface area contributed by atoms with Gasteiger partial charge < -0.3 is 10.1 Å². The van der Waals surface area contributed by atoms with E-state index in [1.807, 2.05) is 6.07 Å². The first kappa shape index (κ1) is 17.7. The fourth-order valence-corrected chi connectivity index (χ4v) is 2.64. The van der Waals surface area contributed by atoms with Crippen molar-refractivity contribution >= 4 is 23.2 Å². The molecule has 26 heavy (non-hydrogen) atoms. The van der Waals surface area contributed by atoms with Crippen molar-refractivity contribution in [3.05, 3.63) is 75.5 Å². The number of rotatable bonds is 4. The Balaban J connectivity index is 1.89. The predicted molar refractivity (Wildman–Crippen MR) is 101 cm³/mol. The maximum absolute atomic E-state index is 12.6. The highest BCUT2D eigenvalue weighted by Crippen LogP contribution is 2.25. The van der Waals surface area contributed by atoms with E-state index in [9.17, 15) is 9.59 Å². The molecule has 1 heterocycles. The van der Waals surface area contributed by atoms with Crippen molar-refractivity contribution in [2.45, 2.75) is 0 Å². The van der Waals surface area contributed by atoms with E-state index < -0.39 is 0 Å². The maximum Gasteiger partial charge on any atom is 0.266 e. The molecule has 0 aliphatic carbocycles. The Hall–Kier alpha value is -3.12. The van der Waals surface area contributed by atoms with Crippen LogP contribution in [-0.2, 0) is 7.05 Å². The highest BCUT2D eigenvalue weighted by molar-refractivity contribution is 6.31. The third-order valence-electron chi connectivity index (χ3n) is 3.78. The molecule has 1 N–H and O–H groups in total. The molecule has 0 fully saturated rings. The van der Waals surface area contributed by atoms with E-state index in [1.54, 1.807) is 49.5 Å². The molecule has 3 rings (SSSR count). The first-order valence-corrected chi connectivity index (χ1v) is 8.15. The van der Waals surface area contributed by atoms with Crippen LogP contribution in [0.3, 0.4) is 0 Å². The molecule has 1 aromatic heterocycles. The number of carbonyl (C=O) groups excluding carboxylic acids is 1. The quantitative estimate of drug-likeness (QED) is 0.765. The Kier molecular flexibility index (Phi) is 5.04. The second kappa shape index (κ2) is 7.41. The van der Waals surface area contributed by atoms with Crippen molar-refractivity contribution in [1.82, 2.24) is 9.78 Å². The van der Waals surface area contributed by atoms with Crippen LogP contribution in [0.1, 0.15) is 10.4 Å². The van der Waals surface area contributed by atoms with Gasteiger partial charge in [0.05, 0.1) is 18.4 Å². The summed E-state index contributed by atoms with van der Waals surface area (Å²) in [7, 11) is 3.08. The highest BCUT2D eigenvalue weighted by Gasteiger charge is 2.13. The summed E-state index contributed by atoms with van der Waals surface area (Å²) in [5.74, 6) is 0.0951. The first-order chi connectivity index (χ1) is 12.5. The number of hydrogen-bond acceptors (Lipinski definition) is 4. The van der Waals surface area contributed by atoms with E-state index in [1.165, 1.54) is 17.9 Å². The fourth-order valence-electron chi connectivity index (χ4n) is 2.47. The first-order valence-electron chi connectivity index (χ1n) is 7.77. The van der Waals surface area contributed by atoms with Crippen LogP contribution in [0.2, 0.25) is 5.02 Å². The SMILES string of the molecule is COc1ccc(Cl)cc1C(=O)Nc1cccc(-c2ccc(=O)n(C)n2)c1. The van der Waals surface area contributed by atoms with Crippen molar-refractivity contribution in [1.29, 1.82) is 0 Å². The van der Waals surface area contributed by atoms with Gasteiger partial charge in [-0.25, -0.2) is 4.68 Å². The minimum atomic E-state index is -0.338. The van der Waals surface area contributed by atoms with Gasteiger partial charge in [-0.1, -0.05) is 23.7 Å². The lowest BCUT2D eigenvalue weighted by molar-refractivity contribution is 0.102. The van der Waals surface area contributed by atoms with Crippen molar-refractivity contribution in [3.63, 3.8) is 0 Å². The minimum Gasteiger partial charge on any atom is -0.496 e. The molecule has 0 atom stereocenters. The zero-order valence-electron chi connectivity index (χ0n) is 14.2. The molecule has 7 heteroatoms. The molecule has 0 unspecified atom stereocenters. The Morgan fingerprint density at radius 3 is 2.69 bits per heavy atom. The number of methoxy groups -OCH3 is 1. The normalized spacial score (nSPS) is 10.4. The number of hydrogen-bond donors (Lipinski definition) is 1. The summed E-state index contributed by atoms with van der Waals surface area (Å²) in [6.07, 6.45) is 0. The smallest absolute Gasteiger partial charge is 0.266 e. The molecule has 0 saturated carbocycles. The summed E-state index contributed by atoms with van der Waals surface area (Å²) in [5, 5.41) is 7.48. The van der Waals surface area contributed by atoms with Gasteiger partial charge in [-0.15, -0.1) is 0 Å². The number of carbonyl (C=O) groups is 1. The molecule has 0 aliphatic heterocycles. The van der Waals surface area contributed by atoms with Crippen molar-refractivity contribution in [2.24, 2.45) is 7.05 Å². The van der Waals surface area contributed by atoms with Gasteiger partial charge in [0.1, 0.15) is 5.75 Å². The van der Waals surface area contributed by atoms with E-state index in [2.05, 4.69) is 10.4 Å². The molecule has 1 amide bonds. The van der Waals surface area contributed by atoms with Crippen LogP contribution in [-0.4, -0.2) is 22.8 Å². The van der Waals surface area contributed by atoms with Gasteiger partial charge in [0, 0.05) is 29.4 Å². The summed E-state index contributed by atoms with van der Waals surface area (Å²) >= 11 is 5.98. The molecule has 6 nitrogen and oxygen atoms in total. The Labute approximate surface area is 155 Å². The molecule has 0 bridgehead atoms. The number of anilines is 1. The van der Waals surface area contributed by atoms with Gasteiger partial charge in [-0.3, -0.25) is 9.59 Å². The second-order valence-corrected chi connectivity index (χ2v) is 6.00. The number of nitrogens with zero attached hydrogens (tertiary/aromatic N) is 2. The van der Waals surface area contributed by atoms with Crippen LogP contribution in [0.5, 0.6) is 5.75 Å². The molecular weight excluding hydrogens is 354 g/mol. The van der Waals surface area contributed by atoms with Gasteiger partial charge in [0.25, 0.3) is 11.5 Å².